The Morgan fingerprint density at radius 3 is 1.60 bits per heavy atom. The summed E-state index contributed by atoms with van der Waals surface area (Å²) in [7, 11) is 0. The van der Waals surface area contributed by atoms with Crippen LogP contribution in [0.2, 0.25) is 0 Å². The summed E-state index contributed by atoms with van der Waals surface area (Å²) in [5, 5.41) is 2.50. The van der Waals surface area contributed by atoms with Gasteiger partial charge in [0, 0.05) is 69.8 Å². The molecule has 4 aliphatic rings. The maximum Gasteiger partial charge on any atom is 0.252 e. The lowest BCUT2D eigenvalue weighted by Gasteiger charge is -2.48. The monoisotopic (exact) mass is 1130 g/mol. The Bertz CT molecular complexity index is 4280. The Balaban J connectivity index is 1.18. The molecular weight excluding hydrogens is 1030 g/mol. The van der Waals surface area contributed by atoms with E-state index in [2.05, 4.69) is 280 Å². The Kier molecular flexibility index (Phi) is 11.8. The van der Waals surface area contributed by atoms with Gasteiger partial charge in [0.2, 0.25) is 0 Å². The second-order valence-electron chi connectivity index (χ2n) is 31.5. The minimum absolute atomic E-state index is 0.0192. The van der Waals surface area contributed by atoms with Crippen molar-refractivity contribution >= 4 is 106 Å². The molecule has 9 aromatic rings. The van der Waals surface area contributed by atoms with Crippen molar-refractivity contribution in [3.8, 4) is 0 Å². The van der Waals surface area contributed by atoms with Crippen LogP contribution >= 0.6 is 11.3 Å². The first-order valence-corrected chi connectivity index (χ1v) is 32.0. The highest BCUT2D eigenvalue weighted by Gasteiger charge is 2.48. The Morgan fingerprint density at radius 1 is 0.476 bits per heavy atom. The summed E-state index contributed by atoms with van der Waals surface area (Å²) in [5.41, 5.74) is 24.6. The molecular formula is C79H90BN3S. The van der Waals surface area contributed by atoms with Crippen molar-refractivity contribution in [3.05, 3.63) is 189 Å². The van der Waals surface area contributed by atoms with E-state index in [9.17, 15) is 4.11 Å². The fraction of sp³-hybridized carbons (Fsp3) is 0.392. The predicted molar refractivity (Wildman–Crippen MR) is 369 cm³/mol. The van der Waals surface area contributed by atoms with Gasteiger partial charge in [-0.1, -0.05) is 184 Å². The van der Waals surface area contributed by atoms with E-state index in [0.29, 0.717) is 5.56 Å². The molecule has 5 heteroatoms. The van der Waals surface area contributed by atoms with Gasteiger partial charge < -0.3 is 14.7 Å². The van der Waals surface area contributed by atoms with Crippen LogP contribution in [0.15, 0.2) is 133 Å². The number of benzene rings is 8. The topological polar surface area (TPSA) is 9.72 Å². The van der Waals surface area contributed by atoms with Crippen molar-refractivity contribution in [2.24, 2.45) is 0 Å². The molecule has 0 saturated carbocycles. The van der Waals surface area contributed by atoms with Crippen LogP contribution in [0, 0.1) is 20.7 Å². The maximum atomic E-state index is 9.53. The first kappa shape index (κ1) is 53.0. The molecule has 3 heterocycles. The average molecular weight is 1130 g/mol. The SMILES string of the molecule is [2H]C([2H])([2H])c1cc2c3c(c1)N(c1ccc4c(sc5ccccc54)c1C(C)(C)C)c1cc(N(c4ccc(C(C)(C)C)cc4C)c4ccc(C(C)(C)C)cc4C)ccc1B3c1cc3c(cc1N2c1ccc2c(c1)C(C)(C)CCC2(C)C)C(C)(C)CCC3(C)C. The van der Waals surface area contributed by atoms with Crippen molar-refractivity contribution in [1.29, 1.82) is 0 Å². The zero-order chi connectivity index (χ0) is 62.4. The zero-order valence-corrected chi connectivity index (χ0v) is 54.7. The normalized spacial score (nSPS) is 18.1. The van der Waals surface area contributed by atoms with Gasteiger partial charge in [0.05, 0.1) is 5.69 Å². The maximum absolute atomic E-state index is 9.53. The van der Waals surface area contributed by atoms with E-state index in [1.165, 1.54) is 81.2 Å². The van der Waals surface area contributed by atoms with Gasteiger partial charge in [0.25, 0.3) is 6.71 Å². The van der Waals surface area contributed by atoms with E-state index in [1.807, 2.05) is 11.3 Å². The minimum Gasteiger partial charge on any atom is -0.311 e. The lowest BCUT2D eigenvalue weighted by atomic mass is 9.33. The van der Waals surface area contributed by atoms with E-state index >= 15 is 0 Å². The fourth-order valence-corrected chi connectivity index (χ4v) is 16.7. The quantitative estimate of drug-likeness (QED) is 0.159. The first-order chi connectivity index (χ1) is 40.5. The Labute approximate surface area is 512 Å². The van der Waals surface area contributed by atoms with Crippen LogP contribution in [0.4, 0.5) is 51.2 Å². The van der Waals surface area contributed by atoms with Gasteiger partial charge in [0.15, 0.2) is 0 Å². The molecule has 1 aromatic heterocycles. The highest BCUT2D eigenvalue weighted by atomic mass is 32.1. The summed E-state index contributed by atoms with van der Waals surface area (Å²) in [6, 6.07) is 51.4. The molecule has 0 amide bonds. The largest absolute Gasteiger partial charge is 0.311 e. The van der Waals surface area contributed by atoms with Gasteiger partial charge in [-0.3, -0.25) is 0 Å². The number of fused-ring (bicyclic) bond motifs is 9. The van der Waals surface area contributed by atoms with E-state index < -0.39 is 6.85 Å². The van der Waals surface area contributed by atoms with Gasteiger partial charge in [0.1, 0.15) is 0 Å². The van der Waals surface area contributed by atoms with Crippen LogP contribution in [-0.4, -0.2) is 6.71 Å². The molecule has 0 atom stereocenters. The average Bonchev–Trinajstić information content (AvgIpc) is 1.21. The number of thiophene rings is 1. The molecule has 13 rings (SSSR count). The molecule has 0 radical (unpaired) electrons. The van der Waals surface area contributed by atoms with Crippen molar-refractivity contribution in [2.45, 2.75) is 202 Å². The summed E-state index contributed by atoms with van der Waals surface area (Å²) >= 11 is 1.87. The molecule has 2 aliphatic heterocycles. The molecule has 8 aromatic carbocycles. The molecule has 430 valence electrons. The summed E-state index contributed by atoms with van der Waals surface area (Å²) in [6.45, 7) is 42.1. The Morgan fingerprint density at radius 2 is 1.02 bits per heavy atom. The fourth-order valence-electron chi connectivity index (χ4n) is 15.3. The summed E-state index contributed by atoms with van der Waals surface area (Å²) in [4.78, 5) is 7.52. The van der Waals surface area contributed by atoms with Gasteiger partial charge in [-0.05, 0) is 223 Å². The van der Waals surface area contributed by atoms with Gasteiger partial charge >= 0.3 is 0 Å². The van der Waals surface area contributed by atoms with E-state index in [0.717, 1.165) is 82.3 Å². The molecule has 0 bridgehead atoms. The summed E-state index contributed by atoms with van der Waals surface area (Å²) < 4.78 is 31.1. The highest BCUT2D eigenvalue weighted by Crippen LogP contribution is 2.55. The third kappa shape index (κ3) is 8.84. The van der Waals surface area contributed by atoms with Crippen molar-refractivity contribution < 1.29 is 4.11 Å². The summed E-state index contributed by atoms with van der Waals surface area (Å²) in [5.74, 6) is 0. The molecule has 3 nitrogen and oxygen atoms in total. The van der Waals surface area contributed by atoms with Crippen molar-refractivity contribution in [2.75, 3.05) is 14.7 Å². The van der Waals surface area contributed by atoms with E-state index in [-0.39, 0.29) is 44.6 Å². The third-order valence-corrected chi connectivity index (χ3v) is 21.7. The molecule has 0 unspecified atom stereocenters. The second-order valence-corrected chi connectivity index (χ2v) is 32.6. The molecule has 0 N–H and O–H groups in total. The second kappa shape index (κ2) is 18.7. The zero-order valence-electron chi connectivity index (χ0n) is 56.9. The van der Waals surface area contributed by atoms with Crippen LogP contribution in [0.5, 0.6) is 0 Å². The summed E-state index contributed by atoms with van der Waals surface area (Å²) in [6.07, 6.45) is 4.38. The Hall–Kier alpha value is -6.56. The number of aryl methyl sites for hydroxylation is 3. The van der Waals surface area contributed by atoms with Gasteiger partial charge in [-0.25, -0.2) is 0 Å². The number of anilines is 9. The van der Waals surface area contributed by atoms with Crippen LogP contribution in [0.1, 0.15) is 203 Å². The van der Waals surface area contributed by atoms with Crippen molar-refractivity contribution in [1.82, 2.24) is 0 Å². The van der Waals surface area contributed by atoms with Crippen LogP contribution in [0.25, 0.3) is 20.2 Å². The van der Waals surface area contributed by atoms with Crippen LogP contribution in [0.3, 0.4) is 0 Å². The lowest BCUT2D eigenvalue weighted by Crippen LogP contribution is -2.62. The van der Waals surface area contributed by atoms with Crippen LogP contribution in [-0.2, 0) is 37.9 Å². The van der Waals surface area contributed by atoms with E-state index in [4.69, 9.17) is 0 Å². The standard InChI is InChI=1S/C79H90BN3S/c1-47-39-67-71-68(40-47)83(64-34-29-55-54-23-21-22-24-69(54)84-72(55)70(64)75(10,11)12)65-44-53(81(62-32-25-50(41-48(62)2)73(4,5)6)63-33-26-51(42-49(63)3)74(7,8)9)28-31-60(65)80(71)61-45-58-59(79(19,20)38-37-78(58,17)18)46-66(61)82(67)52-27-30-56-57(43-52)77(15,16)36-35-76(56,13)14/h21-34,39-46H,35-38H2,1-20H3/i1D3. The first-order valence-electron chi connectivity index (χ1n) is 32.7. The van der Waals surface area contributed by atoms with Crippen molar-refractivity contribution in [3.63, 3.8) is 0 Å². The van der Waals surface area contributed by atoms with E-state index in [1.54, 1.807) is 0 Å². The molecule has 0 spiro atoms. The number of nitrogens with zero attached hydrogens (tertiary/aromatic N) is 3. The highest BCUT2D eigenvalue weighted by molar-refractivity contribution is 7.26. The molecule has 84 heavy (non-hydrogen) atoms. The molecule has 0 fully saturated rings. The number of hydrogen-bond donors (Lipinski definition) is 0. The number of hydrogen-bond acceptors (Lipinski definition) is 4. The van der Waals surface area contributed by atoms with Gasteiger partial charge in [-0.15, -0.1) is 11.3 Å². The third-order valence-electron chi connectivity index (χ3n) is 20.5. The smallest absolute Gasteiger partial charge is 0.252 e. The lowest BCUT2D eigenvalue weighted by molar-refractivity contribution is 0.332. The molecule has 2 aliphatic carbocycles. The predicted octanol–water partition coefficient (Wildman–Crippen LogP) is 21.1. The molecule has 0 saturated heterocycles. The van der Waals surface area contributed by atoms with Crippen LogP contribution < -0.4 is 31.1 Å². The van der Waals surface area contributed by atoms with Gasteiger partial charge in [-0.2, -0.15) is 0 Å². The number of rotatable bonds is 5. The minimum atomic E-state index is -2.43.